The van der Waals surface area contributed by atoms with Crippen molar-refractivity contribution < 1.29 is 32.9 Å². The van der Waals surface area contributed by atoms with Gasteiger partial charge in [0.15, 0.2) is 0 Å². The maximum Gasteiger partial charge on any atom is 0.381 e. The normalized spacial score (nSPS) is 20.8. The first-order chi connectivity index (χ1) is 22.1. The molecule has 2 rings (SSSR count). The van der Waals surface area contributed by atoms with Crippen molar-refractivity contribution in [3.8, 4) is 5.75 Å². The summed E-state index contributed by atoms with van der Waals surface area (Å²) in [7, 11) is -6.67. The van der Waals surface area contributed by atoms with E-state index in [0.717, 1.165) is 96.3 Å². The largest absolute Gasteiger partial charge is 0.425 e. The molecule has 0 spiro atoms. The van der Waals surface area contributed by atoms with E-state index < -0.39 is 24.6 Å². The van der Waals surface area contributed by atoms with E-state index in [9.17, 15) is 5.11 Å². The number of benzene rings is 1. The molecule has 0 saturated carbocycles. The van der Waals surface area contributed by atoms with Gasteiger partial charge in [-0.15, -0.1) is 0 Å². The number of hydrogen-bond acceptors (Lipinski definition) is 10. The second kappa shape index (κ2) is 25.8. The number of hydrogen-bond donors (Lipinski definition) is 1. The molecule has 1 aromatic rings. The van der Waals surface area contributed by atoms with E-state index in [0.29, 0.717) is 44.3 Å². The summed E-state index contributed by atoms with van der Waals surface area (Å²) in [5.74, 6) is 0.522. The highest BCUT2D eigenvalue weighted by Gasteiger charge is 2.53. The average molecular weight is 694 g/mol. The summed E-state index contributed by atoms with van der Waals surface area (Å²) in [5.41, 5.74) is 0.662. The molecule has 3 atom stereocenters. The predicted octanol–water partition coefficient (Wildman–Crippen LogP) is 11.4. The highest BCUT2D eigenvalue weighted by atomic mass is 31.3. The Labute approximate surface area is 276 Å². The molecule has 0 saturated heterocycles. The molecule has 0 amide bonds. The first-order valence-corrected chi connectivity index (χ1v) is 21.3. The van der Waals surface area contributed by atoms with Crippen molar-refractivity contribution in [1.82, 2.24) is 9.21 Å². The molecule has 1 aliphatic heterocycles. The van der Waals surface area contributed by atoms with E-state index in [1.54, 1.807) is 4.60 Å². The SMILES string of the molecule is CCCCCON1P(OCCCCC)N=P(OCCCCC)(Oc2ccccc2CO)N(OCCCCC)P1OCCCCC. The molecule has 262 valence electrons. The second-order valence-corrected chi connectivity index (χ2v) is 16.9. The molecular formula is C32H62N3O7P3. The lowest BCUT2D eigenvalue weighted by Crippen LogP contribution is -2.33. The van der Waals surface area contributed by atoms with Gasteiger partial charge in [0.1, 0.15) is 5.75 Å². The van der Waals surface area contributed by atoms with E-state index in [1.807, 2.05) is 28.9 Å². The minimum atomic E-state index is -3.35. The van der Waals surface area contributed by atoms with Crippen LogP contribution in [0.5, 0.6) is 5.75 Å². The molecule has 13 heteroatoms. The lowest BCUT2D eigenvalue weighted by molar-refractivity contribution is -0.0808. The van der Waals surface area contributed by atoms with Gasteiger partial charge in [0, 0.05) is 5.56 Å². The fourth-order valence-electron chi connectivity index (χ4n) is 4.32. The lowest BCUT2D eigenvalue weighted by Gasteiger charge is -2.45. The molecule has 0 aromatic heterocycles. The van der Waals surface area contributed by atoms with Crippen LogP contribution >= 0.6 is 24.6 Å². The molecular weight excluding hydrogens is 631 g/mol. The fourth-order valence-corrected chi connectivity index (χ4v) is 12.3. The minimum absolute atomic E-state index is 0.166. The summed E-state index contributed by atoms with van der Waals surface area (Å²) >= 11 is 0. The van der Waals surface area contributed by atoms with Crippen molar-refractivity contribution in [2.75, 3.05) is 33.0 Å². The third-order valence-electron chi connectivity index (χ3n) is 7.03. The molecule has 0 aliphatic carbocycles. The van der Waals surface area contributed by atoms with Gasteiger partial charge in [-0.1, -0.05) is 122 Å². The van der Waals surface area contributed by atoms with Crippen LogP contribution in [0.25, 0.3) is 0 Å². The van der Waals surface area contributed by atoms with Crippen LogP contribution in [0.2, 0.25) is 0 Å². The summed E-state index contributed by atoms with van der Waals surface area (Å²) < 4.78 is 35.8. The zero-order chi connectivity index (χ0) is 32.6. The van der Waals surface area contributed by atoms with Gasteiger partial charge in [-0.3, -0.25) is 9.68 Å². The van der Waals surface area contributed by atoms with Crippen LogP contribution in [0.4, 0.5) is 0 Å². The molecule has 1 aliphatic rings. The summed E-state index contributed by atoms with van der Waals surface area (Å²) in [6.45, 7) is 13.3. The van der Waals surface area contributed by atoms with Gasteiger partial charge < -0.3 is 23.2 Å². The Bertz CT molecular complexity index is 934. The van der Waals surface area contributed by atoms with E-state index >= 15 is 0 Å². The Morgan fingerprint density at radius 3 is 1.80 bits per heavy atom. The number of rotatable bonds is 28. The molecule has 1 N–H and O–H groups in total. The quantitative estimate of drug-likeness (QED) is 0.0679. The molecule has 10 nitrogen and oxygen atoms in total. The fraction of sp³-hybridized carbons (Fsp3) is 0.812. The zero-order valence-electron chi connectivity index (χ0n) is 28.7. The van der Waals surface area contributed by atoms with E-state index in [4.69, 9.17) is 32.3 Å². The topological polar surface area (TPSA) is 94.5 Å². The summed E-state index contributed by atoms with van der Waals surface area (Å²) in [6.07, 6.45) is 15.3. The van der Waals surface area contributed by atoms with Gasteiger partial charge in [-0.25, -0.2) is 0 Å². The zero-order valence-corrected chi connectivity index (χ0v) is 31.4. The Hall–Kier alpha value is -0.210. The Morgan fingerprint density at radius 1 is 0.667 bits per heavy atom. The lowest BCUT2D eigenvalue weighted by atomic mass is 10.2. The van der Waals surface area contributed by atoms with Crippen molar-refractivity contribution in [1.29, 1.82) is 0 Å². The van der Waals surface area contributed by atoms with Gasteiger partial charge in [0.2, 0.25) is 0 Å². The Morgan fingerprint density at radius 2 is 1.20 bits per heavy atom. The van der Waals surface area contributed by atoms with E-state index in [-0.39, 0.29) is 6.61 Å². The number of para-hydroxylation sites is 1. The van der Waals surface area contributed by atoms with Crippen molar-refractivity contribution in [2.24, 2.45) is 4.52 Å². The number of aliphatic hydroxyl groups excluding tert-OH is 1. The second-order valence-electron chi connectivity index (χ2n) is 11.1. The third kappa shape index (κ3) is 14.8. The van der Waals surface area contributed by atoms with Crippen molar-refractivity contribution in [2.45, 2.75) is 138 Å². The first kappa shape index (κ1) is 41.0. The molecule has 0 bridgehead atoms. The summed E-state index contributed by atoms with van der Waals surface area (Å²) in [6, 6.07) is 7.50. The first-order valence-electron chi connectivity index (χ1n) is 17.5. The average Bonchev–Trinajstić information content (AvgIpc) is 3.05. The Kier molecular flexibility index (Phi) is 23.4. The van der Waals surface area contributed by atoms with Crippen LogP contribution < -0.4 is 4.52 Å². The Balaban J connectivity index is 2.68. The van der Waals surface area contributed by atoms with Crippen LogP contribution in [0, 0.1) is 0 Å². The minimum Gasteiger partial charge on any atom is -0.425 e. The van der Waals surface area contributed by atoms with Crippen molar-refractivity contribution in [3.63, 3.8) is 0 Å². The van der Waals surface area contributed by atoms with Crippen molar-refractivity contribution in [3.05, 3.63) is 29.8 Å². The number of aliphatic hydroxyl groups is 1. The highest BCUT2D eigenvalue weighted by Crippen LogP contribution is 2.79. The smallest absolute Gasteiger partial charge is 0.381 e. The van der Waals surface area contributed by atoms with Crippen LogP contribution in [-0.2, 0) is 29.9 Å². The van der Waals surface area contributed by atoms with Crippen LogP contribution in [-0.4, -0.2) is 47.3 Å². The highest BCUT2D eigenvalue weighted by molar-refractivity contribution is 7.78. The van der Waals surface area contributed by atoms with Gasteiger partial charge in [-0.2, -0.15) is 4.52 Å². The standard InChI is InChI=1S/C32H62N3O7P3/c1-6-11-18-25-37-34-43(39-27-20-13-8-3)33-45(41-29-22-15-10-5,42-32-24-17-16-23-31(32)30-36)35(38-26-19-12-7-2)44(34)40-28-21-14-9-4/h16-17,23-24,36H,6-15,18-22,25-30H2,1-5H3. The van der Waals surface area contributed by atoms with E-state index in [2.05, 4.69) is 34.6 Å². The van der Waals surface area contributed by atoms with E-state index in [1.165, 1.54) is 0 Å². The molecule has 1 heterocycles. The van der Waals surface area contributed by atoms with Gasteiger partial charge in [0.05, 0.1) is 39.6 Å². The maximum atomic E-state index is 10.2. The molecule has 3 unspecified atom stereocenters. The van der Waals surface area contributed by atoms with Crippen LogP contribution in [0.1, 0.15) is 136 Å². The molecule has 0 radical (unpaired) electrons. The monoisotopic (exact) mass is 693 g/mol. The number of nitrogens with zero attached hydrogens (tertiary/aromatic N) is 3. The van der Waals surface area contributed by atoms with Gasteiger partial charge in [-0.05, 0) is 42.8 Å². The molecule has 0 fully saturated rings. The molecule has 45 heavy (non-hydrogen) atoms. The maximum absolute atomic E-state index is 10.2. The summed E-state index contributed by atoms with van der Waals surface area (Å²) in [5, 5.41) is 10.2. The van der Waals surface area contributed by atoms with Crippen LogP contribution in [0.3, 0.4) is 0 Å². The predicted molar refractivity (Wildman–Crippen MR) is 187 cm³/mol. The summed E-state index contributed by atoms with van der Waals surface area (Å²) in [4.78, 5) is 13.1. The van der Waals surface area contributed by atoms with Crippen LogP contribution in [0.15, 0.2) is 28.8 Å². The third-order valence-corrected chi connectivity index (χ3v) is 14.2. The van der Waals surface area contributed by atoms with Gasteiger partial charge >= 0.3 is 7.66 Å². The van der Waals surface area contributed by atoms with Gasteiger partial charge in [0.25, 0.3) is 16.9 Å². The molecule has 1 aromatic carbocycles. The number of unbranched alkanes of at least 4 members (excludes halogenated alkanes) is 10. The van der Waals surface area contributed by atoms with Crippen molar-refractivity contribution >= 4 is 24.6 Å².